The van der Waals surface area contributed by atoms with Gasteiger partial charge in [0.1, 0.15) is 0 Å². The molecule has 0 saturated heterocycles. The Balaban J connectivity index is 2.06. The van der Waals surface area contributed by atoms with Crippen LogP contribution in [-0.2, 0) is 16.0 Å². The molecule has 0 saturated carbocycles. The minimum Gasteiger partial charge on any atom is -0.466 e. The van der Waals surface area contributed by atoms with Crippen LogP contribution in [0.2, 0.25) is 0 Å². The molecule has 0 amide bonds. The average Bonchev–Trinajstić information content (AvgIpc) is 2.36. The van der Waals surface area contributed by atoms with Crippen LogP contribution in [0.5, 0.6) is 0 Å². The Labute approximate surface area is 110 Å². The molecule has 18 heavy (non-hydrogen) atoms. The van der Waals surface area contributed by atoms with E-state index in [1.807, 2.05) is 6.92 Å². The standard InChI is InChI=1S/C16H24O2/c1-3-9-16(17)18-13-8-4-5-11-15-12-7-6-10-14(15)2/h6-7,10,12H,3-5,8-9,11,13H2,1-2H3. The highest BCUT2D eigenvalue weighted by Gasteiger charge is 2.00. The Morgan fingerprint density at radius 1 is 1.17 bits per heavy atom. The van der Waals surface area contributed by atoms with E-state index in [1.54, 1.807) is 0 Å². The zero-order valence-electron chi connectivity index (χ0n) is 11.6. The molecule has 0 radical (unpaired) electrons. The van der Waals surface area contributed by atoms with E-state index in [0.717, 1.165) is 32.1 Å². The van der Waals surface area contributed by atoms with Crippen LogP contribution in [0.1, 0.15) is 50.2 Å². The number of hydrogen-bond acceptors (Lipinski definition) is 2. The van der Waals surface area contributed by atoms with Crippen molar-refractivity contribution in [3.05, 3.63) is 35.4 Å². The molecule has 2 nitrogen and oxygen atoms in total. The summed E-state index contributed by atoms with van der Waals surface area (Å²) in [5.41, 5.74) is 2.80. The summed E-state index contributed by atoms with van der Waals surface area (Å²) < 4.78 is 5.12. The van der Waals surface area contributed by atoms with E-state index in [2.05, 4.69) is 31.2 Å². The summed E-state index contributed by atoms with van der Waals surface area (Å²) in [6.45, 7) is 4.72. The van der Waals surface area contributed by atoms with Crippen LogP contribution in [-0.4, -0.2) is 12.6 Å². The van der Waals surface area contributed by atoms with Gasteiger partial charge in [0.05, 0.1) is 6.61 Å². The maximum absolute atomic E-state index is 11.1. The molecular weight excluding hydrogens is 224 g/mol. The van der Waals surface area contributed by atoms with E-state index in [9.17, 15) is 4.79 Å². The first-order valence-corrected chi connectivity index (χ1v) is 6.94. The largest absolute Gasteiger partial charge is 0.466 e. The fourth-order valence-corrected chi connectivity index (χ4v) is 1.95. The van der Waals surface area contributed by atoms with E-state index >= 15 is 0 Å². The van der Waals surface area contributed by atoms with Gasteiger partial charge in [-0.05, 0) is 50.2 Å². The Morgan fingerprint density at radius 2 is 1.94 bits per heavy atom. The van der Waals surface area contributed by atoms with Crippen molar-refractivity contribution < 1.29 is 9.53 Å². The van der Waals surface area contributed by atoms with E-state index in [-0.39, 0.29) is 5.97 Å². The highest BCUT2D eigenvalue weighted by molar-refractivity contribution is 5.69. The fraction of sp³-hybridized carbons (Fsp3) is 0.562. The van der Waals surface area contributed by atoms with Gasteiger partial charge in [0.25, 0.3) is 0 Å². The lowest BCUT2D eigenvalue weighted by atomic mass is 10.0. The minimum absolute atomic E-state index is 0.0589. The Bertz CT molecular complexity index is 358. The summed E-state index contributed by atoms with van der Waals surface area (Å²) in [5, 5.41) is 0. The van der Waals surface area contributed by atoms with Crippen LogP contribution >= 0.6 is 0 Å². The Kier molecular flexibility index (Phi) is 7.16. The molecule has 0 atom stereocenters. The molecule has 0 aliphatic carbocycles. The third-order valence-electron chi connectivity index (χ3n) is 3.07. The highest BCUT2D eigenvalue weighted by Crippen LogP contribution is 2.11. The number of carbonyl (C=O) groups is 1. The summed E-state index contributed by atoms with van der Waals surface area (Å²) in [4.78, 5) is 11.1. The normalized spacial score (nSPS) is 10.3. The fourth-order valence-electron chi connectivity index (χ4n) is 1.95. The first-order chi connectivity index (χ1) is 8.74. The summed E-state index contributed by atoms with van der Waals surface area (Å²) in [6, 6.07) is 8.51. The molecule has 1 rings (SSSR count). The third-order valence-corrected chi connectivity index (χ3v) is 3.07. The van der Waals surface area contributed by atoms with E-state index in [1.165, 1.54) is 11.1 Å². The van der Waals surface area contributed by atoms with Gasteiger partial charge in [0.15, 0.2) is 0 Å². The maximum Gasteiger partial charge on any atom is 0.305 e. The van der Waals surface area contributed by atoms with Gasteiger partial charge < -0.3 is 4.74 Å². The van der Waals surface area contributed by atoms with Gasteiger partial charge in [-0.1, -0.05) is 31.2 Å². The van der Waals surface area contributed by atoms with Gasteiger partial charge >= 0.3 is 5.97 Å². The molecule has 0 aromatic heterocycles. The zero-order chi connectivity index (χ0) is 13.2. The predicted molar refractivity (Wildman–Crippen MR) is 74.6 cm³/mol. The molecule has 0 unspecified atom stereocenters. The third kappa shape index (κ3) is 5.85. The number of esters is 1. The van der Waals surface area contributed by atoms with Crippen molar-refractivity contribution in [2.45, 2.75) is 52.4 Å². The van der Waals surface area contributed by atoms with Crippen molar-refractivity contribution >= 4 is 5.97 Å². The van der Waals surface area contributed by atoms with E-state index in [0.29, 0.717) is 13.0 Å². The Morgan fingerprint density at radius 3 is 2.67 bits per heavy atom. The number of carbonyl (C=O) groups excluding carboxylic acids is 1. The first-order valence-electron chi connectivity index (χ1n) is 6.94. The zero-order valence-corrected chi connectivity index (χ0v) is 11.6. The van der Waals surface area contributed by atoms with Gasteiger partial charge in [0.2, 0.25) is 0 Å². The van der Waals surface area contributed by atoms with Gasteiger partial charge in [-0.15, -0.1) is 0 Å². The number of benzene rings is 1. The number of hydrogen-bond donors (Lipinski definition) is 0. The summed E-state index contributed by atoms with van der Waals surface area (Å²) in [5.74, 6) is -0.0589. The van der Waals surface area contributed by atoms with Crippen LogP contribution in [0.3, 0.4) is 0 Å². The van der Waals surface area contributed by atoms with Crippen LogP contribution in [0.4, 0.5) is 0 Å². The molecule has 2 heteroatoms. The summed E-state index contributed by atoms with van der Waals surface area (Å²) in [7, 11) is 0. The van der Waals surface area contributed by atoms with Crippen LogP contribution in [0.15, 0.2) is 24.3 Å². The van der Waals surface area contributed by atoms with Crippen molar-refractivity contribution in [3.8, 4) is 0 Å². The second kappa shape index (κ2) is 8.73. The topological polar surface area (TPSA) is 26.3 Å². The van der Waals surface area contributed by atoms with Crippen LogP contribution in [0.25, 0.3) is 0 Å². The number of aryl methyl sites for hydroxylation is 2. The van der Waals surface area contributed by atoms with Crippen LogP contribution < -0.4 is 0 Å². The minimum atomic E-state index is -0.0589. The molecule has 0 bridgehead atoms. The van der Waals surface area contributed by atoms with Gasteiger partial charge in [-0.3, -0.25) is 4.79 Å². The first kappa shape index (κ1) is 14.7. The second-order valence-corrected chi connectivity index (χ2v) is 4.71. The van der Waals surface area contributed by atoms with Crippen molar-refractivity contribution in [3.63, 3.8) is 0 Å². The van der Waals surface area contributed by atoms with Gasteiger partial charge in [0, 0.05) is 6.42 Å². The van der Waals surface area contributed by atoms with Crippen molar-refractivity contribution in [2.24, 2.45) is 0 Å². The maximum atomic E-state index is 11.1. The molecule has 0 fully saturated rings. The number of ether oxygens (including phenoxy) is 1. The number of rotatable bonds is 8. The van der Waals surface area contributed by atoms with Crippen molar-refractivity contribution in [1.29, 1.82) is 0 Å². The molecular formula is C16H24O2. The average molecular weight is 248 g/mol. The second-order valence-electron chi connectivity index (χ2n) is 4.71. The van der Waals surface area contributed by atoms with E-state index in [4.69, 9.17) is 4.74 Å². The summed E-state index contributed by atoms with van der Waals surface area (Å²) >= 11 is 0. The molecule has 0 aliphatic heterocycles. The lowest BCUT2D eigenvalue weighted by Crippen LogP contribution is -2.05. The molecule has 0 aliphatic rings. The predicted octanol–water partition coefficient (Wildman–Crippen LogP) is 4.05. The Hall–Kier alpha value is -1.31. The molecule has 0 heterocycles. The van der Waals surface area contributed by atoms with Crippen molar-refractivity contribution in [2.75, 3.05) is 6.61 Å². The summed E-state index contributed by atoms with van der Waals surface area (Å²) in [6.07, 6.45) is 5.79. The monoisotopic (exact) mass is 248 g/mol. The SMILES string of the molecule is CCCC(=O)OCCCCCc1ccccc1C. The lowest BCUT2D eigenvalue weighted by molar-refractivity contribution is -0.143. The quantitative estimate of drug-likeness (QED) is 0.512. The smallest absolute Gasteiger partial charge is 0.305 e. The molecule has 100 valence electrons. The molecule has 1 aromatic rings. The van der Waals surface area contributed by atoms with E-state index < -0.39 is 0 Å². The number of unbranched alkanes of at least 4 members (excludes halogenated alkanes) is 2. The molecule has 0 spiro atoms. The molecule has 1 aromatic carbocycles. The lowest BCUT2D eigenvalue weighted by Gasteiger charge is -2.06. The van der Waals surface area contributed by atoms with Gasteiger partial charge in [-0.2, -0.15) is 0 Å². The molecule has 0 N–H and O–H groups in total. The highest BCUT2D eigenvalue weighted by atomic mass is 16.5. The van der Waals surface area contributed by atoms with Crippen LogP contribution in [0, 0.1) is 6.92 Å². The van der Waals surface area contributed by atoms with Gasteiger partial charge in [-0.25, -0.2) is 0 Å². The van der Waals surface area contributed by atoms with Crippen molar-refractivity contribution in [1.82, 2.24) is 0 Å².